The Bertz CT molecular complexity index is 3250. The molecule has 0 bridgehead atoms. The van der Waals surface area contributed by atoms with Crippen molar-refractivity contribution in [2.75, 3.05) is 53.8 Å². The van der Waals surface area contributed by atoms with Crippen molar-refractivity contribution in [2.45, 2.75) is 55.3 Å². The first-order valence-corrected chi connectivity index (χ1v) is 27.7. The predicted octanol–water partition coefficient (Wildman–Crippen LogP) is 8.38. The van der Waals surface area contributed by atoms with E-state index in [1.54, 1.807) is 87.0 Å². The van der Waals surface area contributed by atoms with Crippen LogP contribution in [0, 0.1) is 11.8 Å². The highest BCUT2D eigenvalue weighted by Gasteiger charge is 2.54. The molecule has 2 N–H and O–H groups in total. The predicted molar refractivity (Wildman–Crippen MR) is 308 cm³/mol. The van der Waals surface area contributed by atoms with Crippen molar-refractivity contribution in [2.24, 2.45) is 11.8 Å². The summed E-state index contributed by atoms with van der Waals surface area (Å²) in [7, 11) is 3.19. The number of ketones is 1. The lowest BCUT2D eigenvalue weighted by Gasteiger charge is -2.44. The Balaban J connectivity index is 0.882. The summed E-state index contributed by atoms with van der Waals surface area (Å²) in [6.45, 7) is -1.73. The Labute approximate surface area is 491 Å². The van der Waals surface area contributed by atoms with Gasteiger partial charge in [0.05, 0.1) is 55.8 Å². The molecule has 1 aliphatic carbocycles. The highest BCUT2D eigenvalue weighted by molar-refractivity contribution is 5.92. The van der Waals surface area contributed by atoms with Gasteiger partial charge in [-0.25, -0.2) is 19.2 Å². The van der Waals surface area contributed by atoms with E-state index in [-0.39, 0.29) is 66.7 Å². The minimum Gasteiger partial charge on any atom is -0.497 e. The zero-order valence-corrected chi connectivity index (χ0v) is 46.8. The van der Waals surface area contributed by atoms with Gasteiger partial charge in [0.25, 0.3) is 0 Å². The number of rotatable bonds is 26. The topological polar surface area (TPSA) is 227 Å². The van der Waals surface area contributed by atoms with E-state index in [2.05, 4.69) is 5.32 Å². The zero-order valence-electron chi connectivity index (χ0n) is 46.8. The monoisotopic (exact) mass is 1160 g/mol. The standard InChI is InChI=1S/C67H65NO17/c1-76-53-32-28-50(29-33-53)67(49-26-16-7-17-27-49,51-30-34-54(77-2)35-31-51)81-40-48-38-52(69)39-55(48)56(70)41-78-37-36-68-58(71)43-80-66-61(85-65(75)47-24-14-6-15-25-47)60(84-64(74)46-22-12-5-13-23-46)59(83-63(73)45-20-10-4-11-21-45)57(82-66)42-79-62(72)44-18-8-3-9-19-44/h3-35,48,52,55,57,59-61,66,69H,36-43H2,1-2H3,(H,68,71)/t48-,52+,55?,57?,59+,60-,61?,66-/m0/s1. The number of benzene rings is 7. The fourth-order valence-corrected chi connectivity index (χ4v) is 10.4. The summed E-state index contributed by atoms with van der Waals surface area (Å²) < 4.78 is 60.3. The molecule has 1 amide bonds. The number of carbonyl (C=O) groups excluding carboxylic acids is 6. The van der Waals surface area contributed by atoms with E-state index in [9.17, 15) is 33.9 Å². The van der Waals surface area contributed by atoms with Crippen LogP contribution in [0.3, 0.4) is 0 Å². The van der Waals surface area contributed by atoms with Gasteiger partial charge >= 0.3 is 23.9 Å². The van der Waals surface area contributed by atoms with Gasteiger partial charge in [-0.15, -0.1) is 0 Å². The van der Waals surface area contributed by atoms with E-state index in [1.807, 2.05) is 78.9 Å². The van der Waals surface area contributed by atoms with E-state index in [0.717, 1.165) is 16.7 Å². The lowest BCUT2D eigenvalue weighted by atomic mass is 9.79. The summed E-state index contributed by atoms with van der Waals surface area (Å²) in [5.41, 5.74) is 1.82. The fourth-order valence-electron chi connectivity index (χ4n) is 10.4. The SMILES string of the molecule is COc1ccc(C(OC[C@@H]2C[C@@H](O)CC2C(=O)COCCNC(=O)CO[C@H]2OC(COC(=O)c3ccccc3)[C@@H](OC(=O)c3ccccc3)[C@H](OC(=O)c3ccccc3)C2OC(=O)c2ccccc2)(c2ccccc2)c2ccc(OC)cc2)cc1. The molecular weight excluding hydrogens is 1090 g/mol. The van der Waals surface area contributed by atoms with Crippen LogP contribution in [0.4, 0.5) is 0 Å². The number of nitrogens with one attached hydrogen (secondary N) is 1. The molecule has 2 aliphatic rings. The normalized spacial score (nSPS) is 20.0. The maximum atomic E-state index is 14.0. The first-order valence-electron chi connectivity index (χ1n) is 27.7. The lowest BCUT2D eigenvalue weighted by Crippen LogP contribution is -2.63. The maximum Gasteiger partial charge on any atom is 0.338 e. The second-order valence-corrected chi connectivity index (χ2v) is 20.2. The highest BCUT2D eigenvalue weighted by Crippen LogP contribution is 2.44. The Morgan fingerprint density at radius 1 is 0.518 bits per heavy atom. The van der Waals surface area contributed by atoms with E-state index in [0.29, 0.717) is 17.9 Å². The third-order valence-corrected chi connectivity index (χ3v) is 14.7. The van der Waals surface area contributed by atoms with Gasteiger partial charge < -0.3 is 57.8 Å². The number of aliphatic hydroxyl groups excluding tert-OH is 1. The number of methoxy groups -OCH3 is 2. The minimum absolute atomic E-state index is 0.0799. The van der Waals surface area contributed by atoms with Crippen LogP contribution < -0.4 is 14.8 Å². The van der Waals surface area contributed by atoms with Crippen LogP contribution in [0.15, 0.2) is 200 Å². The summed E-state index contributed by atoms with van der Waals surface area (Å²) >= 11 is 0. The summed E-state index contributed by atoms with van der Waals surface area (Å²) in [4.78, 5) is 82.8. The Kier molecular flexibility index (Phi) is 21.0. The first kappa shape index (κ1) is 60.5. The number of aliphatic hydroxyl groups is 1. The molecule has 7 aromatic rings. The van der Waals surface area contributed by atoms with Crippen molar-refractivity contribution in [3.05, 3.63) is 239 Å². The van der Waals surface area contributed by atoms with Crippen LogP contribution in [0.5, 0.6) is 11.5 Å². The van der Waals surface area contributed by atoms with Gasteiger partial charge in [-0.2, -0.15) is 0 Å². The molecule has 1 saturated heterocycles. The van der Waals surface area contributed by atoms with Crippen molar-refractivity contribution in [1.82, 2.24) is 5.32 Å². The molecule has 1 saturated carbocycles. The quantitative estimate of drug-likeness (QED) is 0.0225. The Hall–Kier alpha value is -9.04. The average Bonchev–Trinajstić information content (AvgIpc) is 3.89. The average molecular weight is 1160 g/mol. The number of esters is 4. The van der Waals surface area contributed by atoms with E-state index >= 15 is 0 Å². The second kappa shape index (κ2) is 29.5. The van der Waals surface area contributed by atoms with Crippen LogP contribution in [0.1, 0.15) is 71.0 Å². The van der Waals surface area contributed by atoms with E-state index in [4.69, 9.17) is 47.4 Å². The van der Waals surface area contributed by atoms with Gasteiger partial charge in [0.2, 0.25) is 5.91 Å². The molecule has 0 spiro atoms. The Morgan fingerprint density at radius 2 is 0.965 bits per heavy atom. The summed E-state index contributed by atoms with van der Waals surface area (Å²) in [6, 6.07) is 56.8. The van der Waals surface area contributed by atoms with E-state index < -0.39 is 91.3 Å². The molecule has 3 unspecified atom stereocenters. The maximum absolute atomic E-state index is 14.0. The number of amides is 1. The van der Waals surface area contributed by atoms with Gasteiger partial charge in [-0.3, -0.25) is 9.59 Å². The highest BCUT2D eigenvalue weighted by atomic mass is 16.7. The fraction of sp³-hybridized carbons (Fsp3) is 0.284. The number of carbonyl (C=O) groups is 6. The third kappa shape index (κ3) is 15.4. The number of hydrogen-bond acceptors (Lipinski definition) is 17. The van der Waals surface area contributed by atoms with Crippen LogP contribution in [-0.4, -0.2) is 131 Å². The van der Waals surface area contributed by atoms with Gasteiger partial charge in [-0.1, -0.05) is 127 Å². The first-order chi connectivity index (χ1) is 41.4. The van der Waals surface area contributed by atoms with Crippen LogP contribution in [0.25, 0.3) is 0 Å². The molecule has 18 nitrogen and oxygen atoms in total. The zero-order chi connectivity index (χ0) is 59.5. The molecule has 2 fully saturated rings. The minimum atomic E-state index is -1.73. The van der Waals surface area contributed by atoms with Gasteiger partial charge in [0.15, 0.2) is 30.4 Å². The number of hydrogen-bond donors (Lipinski definition) is 2. The molecule has 7 aromatic carbocycles. The van der Waals surface area contributed by atoms with Crippen molar-refractivity contribution in [3.8, 4) is 11.5 Å². The molecule has 1 heterocycles. The number of Topliss-reactive ketones (excluding diaryl/α,β-unsaturated/α-hetero) is 1. The second-order valence-electron chi connectivity index (χ2n) is 20.2. The molecule has 440 valence electrons. The van der Waals surface area contributed by atoms with Gasteiger partial charge in [0.1, 0.15) is 43.0 Å². The molecule has 18 heteroatoms. The molecule has 9 rings (SSSR count). The summed E-state index contributed by atoms with van der Waals surface area (Å²) in [5, 5.41) is 13.7. The summed E-state index contributed by atoms with van der Waals surface area (Å²) in [6.07, 6.45) is -8.47. The van der Waals surface area contributed by atoms with Crippen molar-refractivity contribution in [3.63, 3.8) is 0 Å². The van der Waals surface area contributed by atoms with Crippen molar-refractivity contribution in [1.29, 1.82) is 0 Å². The van der Waals surface area contributed by atoms with Crippen LogP contribution in [0.2, 0.25) is 0 Å². The number of ether oxygens (including phenoxy) is 10. The lowest BCUT2D eigenvalue weighted by molar-refractivity contribution is -0.296. The third-order valence-electron chi connectivity index (χ3n) is 14.7. The summed E-state index contributed by atoms with van der Waals surface area (Å²) in [5.74, 6) is -4.06. The molecule has 85 heavy (non-hydrogen) atoms. The van der Waals surface area contributed by atoms with Crippen molar-refractivity contribution < 1.29 is 81.2 Å². The Morgan fingerprint density at radius 3 is 1.46 bits per heavy atom. The van der Waals surface area contributed by atoms with Gasteiger partial charge in [-0.05, 0) is 108 Å². The molecule has 8 atom stereocenters. The van der Waals surface area contributed by atoms with Crippen molar-refractivity contribution >= 4 is 35.6 Å². The largest absolute Gasteiger partial charge is 0.497 e. The molecular formula is C67H65NO17. The van der Waals surface area contributed by atoms with Crippen LogP contribution >= 0.6 is 0 Å². The smallest absolute Gasteiger partial charge is 0.338 e. The molecule has 0 radical (unpaired) electrons. The molecule has 0 aromatic heterocycles. The van der Waals surface area contributed by atoms with Crippen LogP contribution in [-0.2, 0) is 53.1 Å². The molecule has 1 aliphatic heterocycles. The van der Waals surface area contributed by atoms with Gasteiger partial charge in [0, 0.05) is 12.5 Å². The van der Waals surface area contributed by atoms with E-state index in [1.165, 1.54) is 48.5 Å².